The van der Waals surface area contributed by atoms with Gasteiger partial charge in [0.05, 0.1) is 0 Å². The molecule has 0 radical (unpaired) electrons. The van der Waals surface area contributed by atoms with E-state index in [0.717, 1.165) is 16.7 Å². The molecular formula is C31H25NO3. The molecule has 5 rings (SSSR count). The molecule has 1 heterocycles. The maximum absolute atomic E-state index is 13.5. The van der Waals surface area contributed by atoms with E-state index >= 15 is 0 Å². The minimum Gasteiger partial charge on any atom is -0.293 e. The molecule has 0 N–H and O–H groups in total. The van der Waals surface area contributed by atoms with Crippen LogP contribution in [0.2, 0.25) is 0 Å². The van der Waals surface area contributed by atoms with E-state index in [1.54, 1.807) is 48.5 Å². The molecule has 4 aromatic rings. The molecule has 1 fully saturated rings. The maximum atomic E-state index is 13.5. The molecule has 0 spiro atoms. The second-order valence-electron chi connectivity index (χ2n) is 8.82. The number of Topliss-reactive ketones (excluding diaryl/α,β-unsaturated/α-hetero) is 1. The highest BCUT2D eigenvalue weighted by atomic mass is 16.2. The Morgan fingerprint density at radius 3 is 1.77 bits per heavy atom. The fourth-order valence-corrected chi connectivity index (χ4v) is 4.75. The molecule has 1 saturated heterocycles. The average molecular weight is 460 g/mol. The van der Waals surface area contributed by atoms with Crippen LogP contribution >= 0.6 is 0 Å². The van der Waals surface area contributed by atoms with Gasteiger partial charge in [-0.3, -0.25) is 19.3 Å². The first-order chi connectivity index (χ1) is 17.1. The summed E-state index contributed by atoms with van der Waals surface area (Å²) in [7, 11) is 0. The Balaban J connectivity index is 1.43. The zero-order valence-electron chi connectivity index (χ0n) is 19.2. The van der Waals surface area contributed by atoms with Crippen molar-refractivity contribution in [2.24, 2.45) is 5.92 Å². The van der Waals surface area contributed by atoms with Crippen LogP contribution in [0.1, 0.15) is 32.7 Å². The SMILES string of the molecule is O=C(c1ccccc1)[C@@H]1C[C@H](Cc2ccc(-c3ccccc3)cc2)N(C(=O)c2ccccc2)C1=O. The van der Waals surface area contributed by atoms with Crippen molar-refractivity contribution in [2.75, 3.05) is 0 Å². The first-order valence-electron chi connectivity index (χ1n) is 11.8. The van der Waals surface area contributed by atoms with Gasteiger partial charge in [-0.2, -0.15) is 0 Å². The van der Waals surface area contributed by atoms with E-state index in [0.29, 0.717) is 24.0 Å². The zero-order valence-corrected chi connectivity index (χ0v) is 19.2. The summed E-state index contributed by atoms with van der Waals surface area (Å²) in [5.41, 5.74) is 4.18. The normalized spacial score (nSPS) is 17.4. The van der Waals surface area contributed by atoms with Crippen LogP contribution in [-0.2, 0) is 11.2 Å². The molecule has 1 aliphatic rings. The zero-order chi connectivity index (χ0) is 24.2. The standard InChI is InChI=1S/C31H25NO3/c33-29(25-12-6-2-7-13-25)28-21-27(32(31(28)35)30(34)26-14-8-3-9-15-26)20-22-16-18-24(19-17-22)23-10-4-1-5-11-23/h1-19,27-28H,20-21H2/t27-,28-/m0/s1. The van der Waals surface area contributed by atoms with Gasteiger partial charge in [0, 0.05) is 17.2 Å². The Morgan fingerprint density at radius 1 is 0.657 bits per heavy atom. The van der Waals surface area contributed by atoms with Gasteiger partial charge in [0.15, 0.2) is 5.78 Å². The van der Waals surface area contributed by atoms with Gasteiger partial charge in [-0.15, -0.1) is 0 Å². The molecule has 35 heavy (non-hydrogen) atoms. The monoisotopic (exact) mass is 459 g/mol. The Labute approximate surface area is 204 Å². The Morgan fingerprint density at radius 2 is 1.17 bits per heavy atom. The highest BCUT2D eigenvalue weighted by Crippen LogP contribution is 2.32. The molecule has 2 atom stereocenters. The van der Waals surface area contributed by atoms with Gasteiger partial charge in [0.2, 0.25) is 5.91 Å². The number of nitrogens with zero attached hydrogens (tertiary/aromatic N) is 1. The van der Waals surface area contributed by atoms with Crippen LogP contribution in [0.15, 0.2) is 115 Å². The van der Waals surface area contributed by atoms with Crippen LogP contribution in [0.4, 0.5) is 0 Å². The Kier molecular flexibility index (Phi) is 6.36. The summed E-state index contributed by atoms with van der Waals surface area (Å²) in [5.74, 6) is -1.87. The van der Waals surface area contributed by atoms with E-state index in [1.807, 2.05) is 42.5 Å². The minimum atomic E-state index is -0.862. The van der Waals surface area contributed by atoms with Crippen LogP contribution in [0.3, 0.4) is 0 Å². The van der Waals surface area contributed by atoms with E-state index in [9.17, 15) is 14.4 Å². The lowest BCUT2D eigenvalue weighted by atomic mass is 9.92. The Hall–Kier alpha value is -4.31. The molecule has 0 unspecified atom stereocenters. The van der Waals surface area contributed by atoms with E-state index in [4.69, 9.17) is 0 Å². The molecule has 0 bridgehead atoms. The fourth-order valence-electron chi connectivity index (χ4n) is 4.75. The molecule has 1 aliphatic heterocycles. The first-order valence-corrected chi connectivity index (χ1v) is 11.8. The highest BCUT2D eigenvalue weighted by molar-refractivity contribution is 6.16. The molecule has 4 aromatic carbocycles. The molecule has 172 valence electrons. The number of ketones is 1. The Bertz CT molecular complexity index is 1330. The third-order valence-corrected chi connectivity index (χ3v) is 6.56. The third kappa shape index (κ3) is 4.69. The van der Waals surface area contributed by atoms with Crippen molar-refractivity contribution in [3.05, 3.63) is 132 Å². The van der Waals surface area contributed by atoms with Crippen molar-refractivity contribution in [1.29, 1.82) is 0 Å². The van der Waals surface area contributed by atoms with E-state index in [2.05, 4.69) is 24.3 Å². The summed E-state index contributed by atoms with van der Waals surface area (Å²) in [6.07, 6.45) is 0.809. The summed E-state index contributed by atoms with van der Waals surface area (Å²) in [4.78, 5) is 41.4. The van der Waals surface area contributed by atoms with E-state index < -0.39 is 17.9 Å². The van der Waals surface area contributed by atoms with Gasteiger partial charge >= 0.3 is 0 Å². The number of likely N-dealkylation sites (tertiary alicyclic amines) is 1. The number of carbonyl (C=O) groups is 3. The van der Waals surface area contributed by atoms with Gasteiger partial charge in [-0.1, -0.05) is 103 Å². The fraction of sp³-hybridized carbons (Fsp3) is 0.129. The van der Waals surface area contributed by atoms with Crippen molar-refractivity contribution >= 4 is 17.6 Å². The summed E-state index contributed by atoms with van der Waals surface area (Å²) in [5, 5.41) is 0. The molecule has 4 nitrogen and oxygen atoms in total. The topological polar surface area (TPSA) is 54.5 Å². The summed E-state index contributed by atoms with van der Waals surface area (Å²) < 4.78 is 0. The van der Waals surface area contributed by atoms with Crippen molar-refractivity contribution in [2.45, 2.75) is 18.9 Å². The lowest BCUT2D eigenvalue weighted by Crippen LogP contribution is -2.41. The number of amides is 2. The van der Waals surface area contributed by atoms with Crippen molar-refractivity contribution < 1.29 is 14.4 Å². The average Bonchev–Trinajstić information content (AvgIpc) is 3.25. The smallest absolute Gasteiger partial charge is 0.260 e. The molecule has 4 heteroatoms. The number of imide groups is 1. The molecule has 0 aromatic heterocycles. The van der Waals surface area contributed by atoms with Crippen molar-refractivity contribution in [3.8, 4) is 11.1 Å². The largest absolute Gasteiger partial charge is 0.293 e. The predicted octanol–water partition coefficient (Wildman–Crippen LogP) is 5.84. The van der Waals surface area contributed by atoms with Gasteiger partial charge < -0.3 is 0 Å². The minimum absolute atomic E-state index is 0.233. The number of carbonyl (C=O) groups excluding carboxylic acids is 3. The van der Waals surface area contributed by atoms with Gasteiger partial charge in [0.25, 0.3) is 5.91 Å². The summed E-state index contributed by atoms with van der Waals surface area (Å²) in [6.45, 7) is 0. The highest BCUT2D eigenvalue weighted by Gasteiger charge is 2.46. The van der Waals surface area contributed by atoms with Gasteiger partial charge in [-0.05, 0) is 41.7 Å². The predicted molar refractivity (Wildman–Crippen MR) is 136 cm³/mol. The third-order valence-electron chi connectivity index (χ3n) is 6.56. The summed E-state index contributed by atoms with van der Waals surface area (Å²) >= 11 is 0. The van der Waals surface area contributed by atoms with Crippen LogP contribution in [0.5, 0.6) is 0 Å². The van der Waals surface area contributed by atoms with Crippen LogP contribution in [0.25, 0.3) is 11.1 Å². The van der Waals surface area contributed by atoms with Crippen molar-refractivity contribution in [1.82, 2.24) is 4.90 Å². The molecule has 0 aliphatic carbocycles. The quantitative estimate of drug-likeness (QED) is 0.207. The van der Waals surface area contributed by atoms with Crippen molar-refractivity contribution in [3.63, 3.8) is 0 Å². The maximum Gasteiger partial charge on any atom is 0.260 e. The lowest BCUT2D eigenvalue weighted by molar-refractivity contribution is -0.128. The van der Waals surface area contributed by atoms with Crippen LogP contribution in [0, 0.1) is 5.92 Å². The molecular weight excluding hydrogens is 434 g/mol. The van der Waals surface area contributed by atoms with E-state index in [1.165, 1.54) is 4.90 Å². The summed E-state index contributed by atoms with van der Waals surface area (Å²) in [6, 6.07) is 35.5. The van der Waals surface area contributed by atoms with Crippen LogP contribution in [-0.4, -0.2) is 28.5 Å². The van der Waals surface area contributed by atoms with Crippen LogP contribution < -0.4 is 0 Å². The second-order valence-corrected chi connectivity index (χ2v) is 8.82. The van der Waals surface area contributed by atoms with Gasteiger partial charge in [-0.25, -0.2) is 0 Å². The first kappa shape index (κ1) is 22.5. The van der Waals surface area contributed by atoms with Gasteiger partial charge in [0.1, 0.15) is 5.92 Å². The molecule has 2 amide bonds. The number of rotatable bonds is 6. The second kappa shape index (κ2) is 9.90. The number of hydrogen-bond donors (Lipinski definition) is 0. The molecule has 0 saturated carbocycles. The van der Waals surface area contributed by atoms with E-state index in [-0.39, 0.29) is 11.7 Å². The number of hydrogen-bond acceptors (Lipinski definition) is 3. The number of benzene rings is 4. The lowest BCUT2D eigenvalue weighted by Gasteiger charge is -2.23.